The predicted octanol–water partition coefficient (Wildman–Crippen LogP) is 2.86. The van der Waals surface area contributed by atoms with Crippen LogP contribution in [0.25, 0.3) is 11.0 Å². The molecule has 0 bridgehead atoms. The Morgan fingerprint density at radius 2 is 2.00 bits per heavy atom. The van der Waals surface area contributed by atoms with E-state index in [0.717, 1.165) is 29.7 Å². The topological polar surface area (TPSA) is 133 Å². The van der Waals surface area contributed by atoms with Crippen LogP contribution in [0.1, 0.15) is 49.2 Å². The second-order valence-electron chi connectivity index (χ2n) is 7.51. The SMILES string of the molecule is CCCCn1c(=O)c(CCC(=O)O[C@@H](C)C(=O)Nc2sccc2C(N)=O)nc2ccccc21. The zero-order valence-corrected chi connectivity index (χ0v) is 19.3. The van der Waals surface area contributed by atoms with Crippen molar-refractivity contribution in [3.05, 3.63) is 57.3 Å². The van der Waals surface area contributed by atoms with Crippen LogP contribution in [0.5, 0.6) is 0 Å². The summed E-state index contributed by atoms with van der Waals surface area (Å²) in [6.07, 6.45) is 0.698. The second kappa shape index (κ2) is 10.9. The van der Waals surface area contributed by atoms with E-state index in [-0.39, 0.29) is 29.7 Å². The number of unbranched alkanes of at least 4 members (excludes halogenated alkanes) is 1. The van der Waals surface area contributed by atoms with Gasteiger partial charge < -0.3 is 20.4 Å². The number of nitrogens with zero attached hydrogens (tertiary/aromatic N) is 2. The third kappa shape index (κ3) is 5.83. The number of amides is 2. The number of fused-ring (bicyclic) bond motifs is 1. The molecule has 3 rings (SSSR count). The minimum Gasteiger partial charge on any atom is -0.453 e. The van der Waals surface area contributed by atoms with Gasteiger partial charge in [0.15, 0.2) is 6.10 Å². The maximum absolute atomic E-state index is 12.9. The molecule has 2 aromatic heterocycles. The van der Waals surface area contributed by atoms with E-state index in [1.807, 2.05) is 24.3 Å². The molecule has 9 nitrogen and oxygen atoms in total. The van der Waals surface area contributed by atoms with E-state index in [2.05, 4.69) is 17.2 Å². The monoisotopic (exact) mass is 470 g/mol. The van der Waals surface area contributed by atoms with E-state index < -0.39 is 23.9 Å². The Morgan fingerprint density at radius 1 is 1.24 bits per heavy atom. The summed E-state index contributed by atoms with van der Waals surface area (Å²) in [6, 6.07) is 8.89. The molecule has 0 aliphatic heterocycles. The fourth-order valence-electron chi connectivity index (χ4n) is 3.29. The van der Waals surface area contributed by atoms with Gasteiger partial charge in [0.05, 0.1) is 23.0 Å². The third-order valence-electron chi connectivity index (χ3n) is 5.07. The van der Waals surface area contributed by atoms with E-state index in [0.29, 0.717) is 17.1 Å². The van der Waals surface area contributed by atoms with Gasteiger partial charge in [0.1, 0.15) is 10.7 Å². The molecule has 1 atom stereocenters. The molecule has 33 heavy (non-hydrogen) atoms. The van der Waals surface area contributed by atoms with Crippen LogP contribution in [-0.4, -0.2) is 33.4 Å². The molecule has 3 N–H and O–H groups in total. The van der Waals surface area contributed by atoms with Crippen LogP contribution < -0.4 is 16.6 Å². The predicted molar refractivity (Wildman–Crippen MR) is 126 cm³/mol. The fourth-order valence-corrected chi connectivity index (χ4v) is 4.09. The first-order valence-electron chi connectivity index (χ1n) is 10.7. The number of hydrogen-bond donors (Lipinski definition) is 2. The molecule has 2 heterocycles. The van der Waals surface area contributed by atoms with Gasteiger partial charge in [0.2, 0.25) is 0 Å². The van der Waals surface area contributed by atoms with Crippen molar-refractivity contribution >= 4 is 45.2 Å². The van der Waals surface area contributed by atoms with Gasteiger partial charge in [-0.15, -0.1) is 11.3 Å². The second-order valence-corrected chi connectivity index (χ2v) is 8.42. The summed E-state index contributed by atoms with van der Waals surface area (Å²) in [5, 5.41) is 4.46. The van der Waals surface area contributed by atoms with Crippen molar-refractivity contribution in [2.75, 3.05) is 5.32 Å². The summed E-state index contributed by atoms with van der Waals surface area (Å²) in [4.78, 5) is 53.4. The summed E-state index contributed by atoms with van der Waals surface area (Å²) in [7, 11) is 0. The van der Waals surface area contributed by atoms with Crippen LogP contribution in [0.4, 0.5) is 5.00 Å². The van der Waals surface area contributed by atoms with E-state index in [1.54, 1.807) is 9.95 Å². The Bertz CT molecular complexity index is 1230. The van der Waals surface area contributed by atoms with Crippen LogP contribution in [0.3, 0.4) is 0 Å². The summed E-state index contributed by atoms with van der Waals surface area (Å²) < 4.78 is 6.90. The first-order valence-corrected chi connectivity index (χ1v) is 11.6. The van der Waals surface area contributed by atoms with Gasteiger partial charge in [-0.2, -0.15) is 0 Å². The van der Waals surface area contributed by atoms with E-state index in [1.165, 1.54) is 13.0 Å². The largest absolute Gasteiger partial charge is 0.453 e. The van der Waals surface area contributed by atoms with Gasteiger partial charge in [-0.3, -0.25) is 19.2 Å². The van der Waals surface area contributed by atoms with Crippen molar-refractivity contribution in [2.24, 2.45) is 5.73 Å². The summed E-state index contributed by atoms with van der Waals surface area (Å²) in [6.45, 7) is 4.05. The van der Waals surface area contributed by atoms with Crippen molar-refractivity contribution in [3.63, 3.8) is 0 Å². The minimum absolute atomic E-state index is 0.0969. The highest BCUT2D eigenvalue weighted by Crippen LogP contribution is 2.23. The maximum atomic E-state index is 12.9. The standard InChI is InChI=1S/C23H26N4O5S/c1-3-4-12-27-18-8-6-5-7-16(18)25-17(23(27)31)9-10-19(28)32-14(2)21(30)26-22-15(20(24)29)11-13-33-22/h5-8,11,13-14H,3-4,9-10,12H2,1-2H3,(H2,24,29)(H,26,30)/t14-/m0/s1. The molecule has 174 valence electrons. The number of esters is 1. The van der Waals surface area contributed by atoms with Crippen molar-refractivity contribution in [1.82, 2.24) is 9.55 Å². The van der Waals surface area contributed by atoms with Crippen LogP contribution in [0, 0.1) is 0 Å². The number of thiophene rings is 1. The van der Waals surface area contributed by atoms with E-state index in [4.69, 9.17) is 10.5 Å². The van der Waals surface area contributed by atoms with Crippen molar-refractivity contribution in [3.8, 4) is 0 Å². The summed E-state index contributed by atoms with van der Waals surface area (Å²) in [5.41, 5.74) is 6.96. The quantitative estimate of drug-likeness (QED) is 0.438. The summed E-state index contributed by atoms with van der Waals surface area (Å²) >= 11 is 1.14. The number of primary amides is 1. The van der Waals surface area contributed by atoms with Crippen LogP contribution in [0.15, 0.2) is 40.5 Å². The van der Waals surface area contributed by atoms with Gasteiger partial charge in [-0.25, -0.2) is 4.98 Å². The number of benzene rings is 1. The van der Waals surface area contributed by atoms with Gasteiger partial charge in [-0.05, 0) is 36.9 Å². The summed E-state index contributed by atoms with van der Waals surface area (Å²) in [5.74, 6) is -1.88. The molecular weight excluding hydrogens is 444 g/mol. The number of nitrogens with one attached hydrogen (secondary N) is 1. The Labute approximate surface area is 194 Å². The van der Waals surface area contributed by atoms with Gasteiger partial charge in [0.25, 0.3) is 17.4 Å². The molecule has 0 fully saturated rings. The highest BCUT2D eigenvalue weighted by atomic mass is 32.1. The molecule has 3 aromatic rings. The average molecular weight is 471 g/mol. The van der Waals surface area contributed by atoms with Crippen LogP contribution in [-0.2, 0) is 27.3 Å². The Kier molecular flexibility index (Phi) is 7.94. The maximum Gasteiger partial charge on any atom is 0.306 e. The molecule has 0 aliphatic carbocycles. The first kappa shape index (κ1) is 24.1. The smallest absolute Gasteiger partial charge is 0.306 e. The molecule has 0 unspecified atom stereocenters. The first-order chi connectivity index (χ1) is 15.8. The normalized spacial score (nSPS) is 11.8. The Balaban J connectivity index is 1.65. The molecule has 0 spiro atoms. The molecular formula is C23H26N4O5S. The van der Waals surface area contributed by atoms with Crippen LogP contribution in [0.2, 0.25) is 0 Å². The number of para-hydroxylation sites is 2. The molecule has 1 aromatic carbocycles. The number of anilines is 1. The number of carbonyl (C=O) groups excluding carboxylic acids is 3. The lowest BCUT2D eigenvalue weighted by atomic mass is 10.2. The van der Waals surface area contributed by atoms with Gasteiger partial charge >= 0.3 is 5.97 Å². The Morgan fingerprint density at radius 3 is 2.73 bits per heavy atom. The zero-order valence-electron chi connectivity index (χ0n) is 18.5. The highest BCUT2D eigenvalue weighted by molar-refractivity contribution is 7.14. The zero-order chi connectivity index (χ0) is 24.0. The number of ether oxygens (including phenoxy) is 1. The molecule has 0 radical (unpaired) electrons. The lowest BCUT2D eigenvalue weighted by Gasteiger charge is -2.14. The van der Waals surface area contributed by atoms with Crippen molar-refractivity contribution < 1.29 is 19.1 Å². The molecule has 0 saturated heterocycles. The van der Waals surface area contributed by atoms with E-state index >= 15 is 0 Å². The van der Waals surface area contributed by atoms with Crippen LogP contribution >= 0.6 is 11.3 Å². The van der Waals surface area contributed by atoms with Gasteiger partial charge in [0, 0.05) is 13.0 Å². The fraction of sp³-hybridized carbons (Fsp3) is 0.348. The van der Waals surface area contributed by atoms with Crippen molar-refractivity contribution in [2.45, 2.75) is 52.2 Å². The minimum atomic E-state index is -1.09. The van der Waals surface area contributed by atoms with E-state index in [9.17, 15) is 19.2 Å². The number of hydrogen-bond acceptors (Lipinski definition) is 7. The number of aryl methyl sites for hydroxylation is 2. The number of nitrogens with two attached hydrogens (primary N) is 1. The van der Waals surface area contributed by atoms with Crippen molar-refractivity contribution in [1.29, 1.82) is 0 Å². The molecule has 0 saturated carbocycles. The lowest BCUT2D eigenvalue weighted by molar-refractivity contribution is -0.153. The van der Waals surface area contributed by atoms with Gasteiger partial charge in [-0.1, -0.05) is 25.5 Å². The Hall–Kier alpha value is -3.53. The number of rotatable bonds is 10. The number of carbonyl (C=O) groups is 3. The molecule has 0 aliphatic rings. The molecule has 10 heteroatoms. The number of aromatic nitrogens is 2. The lowest BCUT2D eigenvalue weighted by Crippen LogP contribution is -2.31. The highest BCUT2D eigenvalue weighted by Gasteiger charge is 2.21. The molecule has 2 amide bonds. The third-order valence-corrected chi connectivity index (χ3v) is 5.90. The average Bonchev–Trinajstić information content (AvgIpc) is 3.25.